The van der Waals surface area contributed by atoms with Crippen LogP contribution in [0, 0.1) is 13.8 Å². The van der Waals surface area contributed by atoms with Crippen molar-refractivity contribution in [2.45, 2.75) is 39.3 Å². The van der Waals surface area contributed by atoms with Crippen molar-refractivity contribution in [2.75, 3.05) is 31.8 Å². The number of thiazole rings is 1. The molecule has 0 unspecified atom stereocenters. The molecule has 0 amide bonds. The van der Waals surface area contributed by atoms with Gasteiger partial charge in [-0.1, -0.05) is 0 Å². The standard InChI is InChI=1S/C14H24N2O3S2/c1-11-14(20-12(2)15-11)9-16(6-4-7-19-3)13-5-8-21(17,18)10-13/h13H,4-10H2,1-3H3/t13-/m0/s1. The molecule has 0 aliphatic carbocycles. The Balaban J connectivity index is 2.06. The van der Waals surface area contributed by atoms with E-state index in [-0.39, 0.29) is 11.8 Å². The molecule has 1 aromatic heterocycles. The normalized spacial score (nSPS) is 21.2. The van der Waals surface area contributed by atoms with E-state index < -0.39 is 9.84 Å². The molecule has 0 N–H and O–H groups in total. The number of ether oxygens (including phenoxy) is 1. The Kier molecular flexibility index (Phi) is 5.76. The summed E-state index contributed by atoms with van der Waals surface area (Å²) in [6.07, 6.45) is 1.66. The molecule has 21 heavy (non-hydrogen) atoms. The van der Waals surface area contributed by atoms with Gasteiger partial charge >= 0.3 is 0 Å². The van der Waals surface area contributed by atoms with Gasteiger partial charge < -0.3 is 4.74 Å². The zero-order chi connectivity index (χ0) is 15.5. The van der Waals surface area contributed by atoms with Gasteiger partial charge in [-0.3, -0.25) is 4.90 Å². The highest BCUT2D eigenvalue weighted by molar-refractivity contribution is 7.91. The van der Waals surface area contributed by atoms with E-state index in [0.717, 1.165) is 36.6 Å². The summed E-state index contributed by atoms with van der Waals surface area (Å²) in [5.41, 5.74) is 1.06. The van der Waals surface area contributed by atoms with Gasteiger partial charge in [-0.2, -0.15) is 0 Å². The predicted octanol–water partition coefficient (Wildman–Crippen LogP) is 1.79. The number of hydrogen-bond acceptors (Lipinski definition) is 6. The van der Waals surface area contributed by atoms with Gasteiger partial charge in [0.05, 0.1) is 22.2 Å². The highest BCUT2D eigenvalue weighted by Crippen LogP contribution is 2.24. The van der Waals surface area contributed by atoms with Crippen LogP contribution >= 0.6 is 11.3 Å². The molecule has 1 fully saturated rings. The van der Waals surface area contributed by atoms with Crippen LogP contribution in [0.15, 0.2) is 0 Å². The van der Waals surface area contributed by atoms with Gasteiger partial charge in [0.2, 0.25) is 0 Å². The molecule has 0 bridgehead atoms. The summed E-state index contributed by atoms with van der Waals surface area (Å²) in [6, 6.07) is 0.133. The maximum atomic E-state index is 11.7. The molecule has 2 heterocycles. The van der Waals surface area contributed by atoms with Crippen LogP contribution < -0.4 is 0 Å². The minimum atomic E-state index is -2.85. The van der Waals surface area contributed by atoms with E-state index in [9.17, 15) is 8.42 Å². The van der Waals surface area contributed by atoms with E-state index in [1.54, 1.807) is 18.4 Å². The molecule has 120 valence electrons. The predicted molar refractivity (Wildman–Crippen MR) is 85.5 cm³/mol. The second kappa shape index (κ2) is 7.17. The van der Waals surface area contributed by atoms with Gasteiger partial charge in [0.25, 0.3) is 0 Å². The van der Waals surface area contributed by atoms with Crippen LogP contribution in [-0.4, -0.2) is 56.1 Å². The Labute approximate surface area is 131 Å². The van der Waals surface area contributed by atoms with Crippen molar-refractivity contribution in [3.63, 3.8) is 0 Å². The molecule has 1 aromatic rings. The van der Waals surface area contributed by atoms with Gasteiger partial charge in [0, 0.05) is 37.7 Å². The molecule has 0 saturated carbocycles. The zero-order valence-corrected chi connectivity index (χ0v) is 14.6. The molecule has 2 rings (SSSR count). The summed E-state index contributed by atoms with van der Waals surface area (Å²) >= 11 is 1.71. The van der Waals surface area contributed by atoms with E-state index in [1.807, 2.05) is 13.8 Å². The van der Waals surface area contributed by atoms with Crippen molar-refractivity contribution in [3.05, 3.63) is 15.6 Å². The van der Waals surface area contributed by atoms with Gasteiger partial charge in [-0.25, -0.2) is 13.4 Å². The Bertz CT molecular complexity index is 569. The maximum absolute atomic E-state index is 11.7. The second-order valence-corrected chi connectivity index (χ2v) is 9.13. The van der Waals surface area contributed by atoms with Crippen LogP contribution in [0.5, 0.6) is 0 Å². The number of nitrogens with zero attached hydrogens (tertiary/aromatic N) is 2. The molecular weight excluding hydrogens is 308 g/mol. The summed E-state index contributed by atoms with van der Waals surface area (Å²) in [5.74, 6) is 0.607. The van der Waals surface area contributed by atoms with Crippen molar-refractivity contribution >= 4 is 21.2 Å². The number of hydrogen-bond donors (Lipinski definition) is 0. The van der Waals surface area contributed by atoms with Crippen molar-refractivity contribution in [1.82, 2.24) is 9.88 Å². The summed E-state index contributed by atoms with van der Waals surface area (Å²) < 4.78 is 28.6. The SMILES string of the molecule is COCCCN(Cc1sc(C)nc1C)[C@H]1CCS(=O)(=O)C1. The Hall–Kier alpha value is -0.500. The molecule has 7 heteroatoms. The van der Waals surface area contributed by atoms with Crippen molar-refractivity contribution in [2.24, 2.45) is 0 Å². The lowest BCUT2D eigenvalue weighted by molar-refractivity contribution is 0.151. The van der Waals surface area contributed by atoms with Crippen molar-refractivity contribution in [3.8, 4) is 0 Å². The fourth-order valence-corrected chi connectivity index (χ4v) is 5.50. The Morgan fingerprint density at radius 2 is 2.19 bits per heavy atom. The third-order valence-corrected chi connectivity index (χ3v) is 6.67. The lowest BCUT2D eigenvalue weighted by Crippen LogP contribution is -2.36. The smallest absolute Gasteiger partial charge is 0.151 e. The van der Waals surface area contributed by atoms with Crippen LogP contribution in [0.25, 0.3) is 0 Å². The first-order valence-corrected chi connectivity index (χ1v) is 9.91. The van der Waals surface area contributed by atoms with Crippen LogP contribution in [-0.2, 0) is 21.1 Å². The van der Waals surface area contributed by atoms with Crippen LogP contribution in [0.2, 0.25) is 0 Å². The Morgan fingerprint density at radius 1 is 1.43 bits per heavy atom. The van der Waals surface area contributed by atoms with Gasteiger partial charge in [0.1, 0.15) is 0 Å². The lowest BCUT2D eigenvalue weighted by atomic mass is 10.2. The van der Waals surface area contributed by atoms with E-state index in [0.29, 0.717) is 12.4 Å². The summed E-state index contributed by atoms with van der Waals surface area (Å²) in [4.78, 5) is 8.00. The van der Waals surface area contributed by atoms with Crippen LogP contribution in [0.3, 0.4) is 0 Å². The molecule has 1 saturated heterocycles. The molecule has 0 aromatic carbocycles. The average molecular weight is 332 g/mol. The fourth-order valence-electron chi connectivity index (χ4n) is 2.77. The summed E-state index contributed by atoms with van der Waals surface area (Å²) in [5, 5.41) is 1.07. The maximum Gasteiger partial charge on any atom is 0.151 e. The number of sulfone groups is 1. The second-order valence-electron chi connectivity index (χ2n) is 5.62. The van der Waals surface area contributed by atoms with E-state index in [2.05, 4.69) is 9.88 Å². The quantitative estimate of drug-likeness (QED) is 0.713. The zero-order valence-electron chi connectivity index (χ0n) is 13.0. The summed E-state index contributed by atoms with van der Waals surface area (Å²) in [7, 11) is -1.16. The third kappa shape index (κ3) is 4.74. The van der Waals surface area contributed by atoms with E-state index in [1.165, 1.54) is 4.88 Å². The molecule has 5 nitrogen and oxygen atoms in total. The highest BCUT2D eigenvalue weighted by atomic mass is 32.2. The van der Waals surface area contributed by atoms with E-state index >= 15 is 0 Å². The topological polar surface area (TPSA) is 59.5 Å². The molecule has 1 atom stereocenters. The fraction of sp³-hybridized carbons (Fsp3) is 0.786. The van der Waals surface area contributed by atoms with E-state index in [4.69, 9.17) is 4.74 Å². The molecule has 1 aliphatic heterocycles. The number of aromatic nitrogens is 1. The molecule has 1 aliphatic rings. The largest absolute Gasteiger partial charge is 0.385 e. The van der Waals surface area contributed by atoms with Gasteiger partial charge in [-0.15, -0.1) is 11.3 Å². The average Bonchev–Trinajstić information content (AvgIpc) is 2.91. The van der Waals surface area contributed by atoms with Crippen molar-refractivity contribution < 1.29 is 13.2 Å². The monoisotopic (exact) mass is 332 g/mol. The number of rotatable bonds is 7. The molecule has 0 radical (unpaired) electrons. The minimum Gasteiger partial charge on any atom is -0.385 e. The van der Waals surface area contributed by atoms with Crippen LogP contribution in [0.4, 0.5) is 0 Å². The third-order valence-electron chi connectivity index (χ3n) is 3.86. The Morgan fingerprint density at radius 3 is 2.71 bits per heavy atom. The first kappa shape index (κ1) is 16.9. The number of aryl methyl sites for hydroxylation is 2. The minimum absolute atomic E-state index is 0.133. The molecular formula is C14H24N2O3S2. The first-order valence-electron chi connectivity index (χ1n) is 7.27. The first-order chi connectivity index (χ1) is 9.91. The van der Waals surface area contributed by atoms with Crippen LogP contribution in [0.1, 0.15) is 28.4 Å². The highest BCUT2D eigenvalue weighted by Gasteiger charge is 2.32. The lowest BCUT2D eigenvalue weighted by Gasteiger charge is -2.27. The van der Waals surface area contributed by atoms with Gasteiger partial charge in [-0.05, 0) is 26.7 Å². The molecule has 0 spiro atoms. The van der Waals surface area contributed by atoms with Crippen molar-refractivity contribution in [1.29, 1.82) is 0 Å². The van der Waals surface area contributed by atoms with Gasteiger partial charge in [0.15, 0.2) is 9.84 Å². The number of methoxy groups -OCH3 is 1. The summed E-state index contributed by atoms with van der Waals surface area (Å²) in [6.45, 7) is 6.40.